The molecule has 1 aromatic heterocycles. The van der Waals surface area contributed by atoms with Crippen LogP contribution in [-0.4, -0.2) is 12.2 Å². The van der Waals surface area contributed by atoms with Gasteiger partial charge in [-0.05, 0) is 0 Å². The SMILES string of the molecule is COc1c(CO)ccc2c(Cl)csc12. The molecular weight excluding hydrogens is 220 g/mol. The summed E-state index contributed by atoms with van der Waals surface area (Å²) < 4.78 is 6.24. The first-order valence-corrected chi connectivity index (χ1v) is 5.37. The highest BCUT2D eigenvalue weighted by molar-refractivity contribution is 7.18. The number of rotatable bonds is 2. The maximum absolute atomic E-state index is 9.11. The summed E-state index contributed by atoms with van der Waals surface area (Å²) >= 11 is 7.52. The molecule has 1 aromatic carbocycles. The standard InChI is InChI=1S/C10H9ClO2S/c1-13-9-6(4-12)2-3-7-8(11)5-14-10(7)9/h2-3,5,12H,4H2,1H3. The van der Waals surface area contributed by atoms with Crippen molar-refractivity contribution in [3.63, 3.8) is 0 Å². The summed E-state index contributed by atoms with van der Waals surface area (Å²) in [5.41, 5.74) is 0.790. The topological polar surface area (TPSA) is 29.5 Å². The summed E-state index contributed by atoms with van der Waals surface area (Å²) in [6.45, 7) is -0.0192. The molecule has 0 bridgehead atoms. The van der Waals surface area contributed by atoms with Crippen molar-refractivity contribution in [1.29, 1.82) is 0 Å². The second-order valence-corrected chi connectivity index (χ2v) is 4.16. The van der Waals surface area contributed by atoms with E-state index in [1.54, 1.807) is 7.11 Å². The van der Waals surface area contributed by atoms with Crippen LogP contribution in [0.5, 0.6) is 5.75 Å². The van der Waals surface area contributed by atoms with Crippen LogP contribution in [0.15, 0.2) is 17.5 Å². The maximum Gasteiger partial charge on any atom is 0.142 e. The van der Waals surface area contributed by atoms with Crippen LogP contribution in [0.1, 0.15) is 5.56 Å². The summed E-state index contributed by atoms with van der Waals surface area (Å²) in [5, 5.41) is 12.7. The zero-order valence-electron chi connectivity index (χ0n) is 7.58. The van der Waals surface area contributed by atoms with E-state index in [1.807, 2.05) is 17.5 Å². The molecule has 14 heavy (non-hydrogen) atoms. The Hall–Kier alpha value is -0.770. The van der Waals surface area contributed by atoms with Crippen LogP contribution in [0.4, 0.5) is 0 Å². The summed E-state index contributed by atoms with van der Waals surface area (Å²) in [4.78, 5) is 0. The van der Waals surface area contributed by atoms with Crippen LogP contribution >= 0.6 is 22.9 Å². The number of methoxy groups -OCH3 is 1. The fraction of sp³-hybridized carbons (Fsp3) is 0.200. The average Bonchev–Trinajstić information content (AvgIpc) is 2.59. The highest BCUT2D eigenvalue weighted by Gasteiger charge is 2.11. The van der Waals surface area contributed by atoms with Gasteiger partial charge in [-0.3, -0.25) is 0 Å². The molecule has 2 rings (SSSR count). The lowest BCUT2D eigenvalue weighted by Gasteiger charge is -2.06. The van der Waals surface area contributed by atoms with Crippen LogP contribution in [0.25, 0.3) is 10.1 Å². The molecule has 0 amide bonds. The van der Waals surface area contributed by atoms with Gasteiger partial charge < -0.3 is 9.84 Å². The molecule has 0 atom stereocenters. The minimum absolute atomic E-state index is 0.0192. The second kappa shape index (κ2) is 3.77. The van der Waals surface area contributed by atoms with E-state index in [0.29, 0.717) is 0 Å². The van der Waals surface area contributed by atoms with Gasteiger partial charge in [-0.2, -0.15) is 0 Å². The Labute approximate surface area is 90.7 Å². The molecule has 0 saturated carbocycles. The molecule has 74 valence electrons. The molecule has 0 radical (unpaired) electrons. The van der Waals surface area contributed by atoms with Crippen LogP contribution in [0.2, 0.25) is 5.02 Å². The number of thiophene rings is 1. The number of ether oxygens (including phenoxy) is 1. The van der Waals surface area contributed by atoms with Crippen molar-refractivity contribution in [2.45, 2.75) is 6.61 Å². The van der Waals surface area contributed by atoms with E-state index in [0.717, 1.165) is 26.4 Å². The Kier molecular flexibility index (Phi) is 2.63. The first kappa shape index (κ1) is 9.77. The average molecular weight is 229 g/mol. The van der Waals surface area contributed by atoms with Crippen LogP contribution in [-0.2, 0) is 6.61 Å². The minimum atomic E-state index is -0.0192. The van der Waals surface area contributed by atoms with E-state index in [9.17, 15) is 0 Å². The first-order valence-electron chi connectivity index (χ1n) is 4.11. The third-order valence-electron chi connectivity index (χ3n) is 2.11. The maximum atomic E-state index is 9.11. The van der Waals surface area contributed by atoms with Crippen LogP contribution in [0, 0.1) is 0 Å². The molecule has 2 aromatic rings. The van der Waals surface area contributed by atoms with Gasteiger partial charge in [-0.25, -0.2) is 0 Å². The van der Waals surface area contributed by atoms with E-state index in [1.165, 1.54) is 11.3 Å². The molecule has 0 aliphatic carbocycles. The quantitative estimate of drug-likeness (QED) is 0.856. The van der Waals surface area contributed by atoms with Crippen LogP contribution < -0.4 is 4.74 Å². The molecule has 0 aliphatic heterocycles. The minimum Gasteiger partial charge on any atom is -0.495 e. The zero-order valence-corrected chi connectivity index (χ0v) is 9.15. The van der Waals surface area contributed by atoms with E-state index < -0.39 is 0 Å². The number of aliphatic hydroxyl groups is 1. The van der Waals surface area contributed by atoms with Gasteiger partial charge in [-0.1, -0.05) is 23.7 Å². The van der Waals surface area contributed by atoms with Gasteiger partial charge in [-0.15, -0.1) is 11.3 Å². The molecule has 1 heterocycles. The number of halogens is 1. The molecule has 4 heteroatoms. The number of benzene rings is 1. The predicted octanol–water partition coefficient (Wildman–Crippen LogP) is 3.06. The molecule has 0 spiro atoms. The van der Waals surface area contributed by atoms with Gasteiger partial charge in [0.25, 0.3) is 0 Å². The van der Waals surface area contributed by atoms with Crippen molar-refractivity contribution < 1.29 is 9.84 Å². The van der Waals surface area contributed by atoms with E-state index in [2.05, 4.69) is 0 Å². The molecule has 0 saturated heterocycles. The Bertz CT molecular complexity index is 464. The lowest BCUT2D eigenvalue weighted by Crippen LogP contribution is -1.91. The van der Waals surface area contributed by atoms with Crippen molar-refractivity contribution in [2.24, 2.45) is 0 Å². The monoisotopic (exact) mass is 228 g/mol. The van der Waals surface area contributed by atoms with Crippen molar-refractivity contribution in [3.8, 4) is 5.75 Å². The van der Waals surface area contributed by atoms with E-state index in [-0.39, 0.29) is 6.61 Å². The van der Waals surface area contributed by atoms with Gasteiger partial charge >= 0.3 is 0 Å². The van der Waals surface area contributed by atoms with Gasteiger partial charge in [0.05, 0.1) is 23.4 Å². The predicted molar refractivity (Wildman–Crippen MR) is 59.3 cm³/mol. The number of fused-ring (bicyclic) bond motifs is 1. The Morgan fingerprint density at radius 3 is 2.93 bits per heavy atom. The van der Waals surface area contributed by atoms with Gasteiger partial charge in [0.15, 0.2) is 0 Å². The van der Waals surface area contributed by atoms with Crippen molar-refractivity contribution in [1.82, 2.24) is 0 Å². The van der Waals surface area contributed by atoms with Gasteiger partial charge in [0.1, 0.15) is 5.75 Å². The summed E-state index contributed by atoms with van der Waals surface area (Å²) in [7, 11) is 1.60. The Morgan fingerprint density at radius 2 is 2.29 bits per heavy atom. The second-order valence-electron chi connectivity index (χ2n) is 2.88. The number of aliphatic hydroxyl groups excluding tert-OH is 1. The smallest absolute Gasteiger partial charge is 0.142 e. The van der Waals surface area contributed by atoms with E-state index >= 15 is 0 Å². The number of hydrogen-bond acceptors (Lipinski definition) is 3. The Balaban J connectivity index is 2.77. The zero-order chi connectivity index (χ0) is 10.1. The summed E-state index contributed by atoms with van der Waals surface area (Å²) in [6, 6.07) is 3.74. The molecule has 0 unspecified atom stereocenters. The normalized spacial score (nSPS) is 10.8. The highest BCUT2D eigenvalue weighted by Crippen LogP contribution is 2.38. The van der Waals surface area contributed by atoms with Crippen molar-refractivity contribution >= 4 is 33.0 Å². The third kappa shape index (κ3) is 1.38. The lowest BCUT2D eigenvalue weighted by atomic mass is 10.1. The highest BCUT2D eigenvalue weighted by atomic mass is 35.5. The summed E-state index contributed by atoms with van der Waals surface area (Å²) in [5.74, 6) is 0.724. The fourth-order valence-corrected chi connectivity index (χ4v) is 2.75. The Morgan fingerprint density at radius 1 is 1.50 bits per heavy atom. The van der Waals surface area contributed by atoms with Gasteiger partial charge in [0, 0.05) is 16.3 Å². The van der Waals surface area contributed by atoms with E-state index in [4.69, 9.17) is 21.4 Å². The lowest BCUT2D eigenvalue weighted by molar-refractivity contribution is 0.274. The molecule has 0 aliphatic rings. The summed E-state index contributed by atoms with van der Waals surface area (Å²) in [6.07, 6.45) is 0. The first-order chi connectivity index (χ1) is 6.77. The molecular formula is C10H9ClO2S. The van der Waals surface area contributed by atoms with Crippen molar-refractivity contribution in [3.05, 3.63) is 28.1 Å². The van der Waals surface area contributed by atoms with Crippen LogP contribution in [0.3, 0.4) is 0 Å². The fourth-order valence-electron chi connectivity index (χ4n) is 1.43. The molecule has 1 N–H and O–H groups in total. The largest absolute Gasteiger partial charge is 0.495 e. The third-order valence-corrected chi connectivity index (χ3v) is 3.54. The van der Waals surface area contributed by atoms with Crippen molar-refractivity contribution in [2.75, 3.05) is 7.11 Å². The molecule has 2 nitrogen and oxygen atoms in total. The number of hydrogen-bond donors (Lipinski definition) is 1. The molecule has 0 fully saturated rings. The van der Waals surface area contributed by atoms with Gasteiger partial charge in [0.2, 0.25) is 0 Å².